The fraction of sp³-hybridized carbons (Fsp3) is 0.214. The van der Waals surface area contributed by atoms with E-state index in [4.69, 9.17) is 11.6 Å². The largest absolute Gasteiger partial charge is 0.366 e. The summed E-state index contributed by atoms with van der Waals surface area (Å²) < 4.78 is 1.03. The van der Waals surface area contributed by atoms with Gasteiger partial charge in [-0.15, -0.1) is 11.6 Å². The maximum Gasteiger partial charge on any atom is 0.126 e. The van der Waals surface area contributed by atoms with Gasteiger partial charge < -0.3 is 5.32 Å². The average molecular weight is 326 g/mol. The molecule has 0 fully saturated rings. The fourth-order valence-corrected chi connectivity index (χ4v) is 1.97. The summed E-state index contributed by atoms with van der Waals surface area (Å²) in [6.45, 7) is 2.81. The Labute approximate surface area is 121 Å². The Balaban J connectivity index is 1.99. The van der Waals surface area contributed by atoms with Gasteiger partial charge in [0.2, 0.25) is 0 Å². The Hall–Kier alpha value is -1.06. The molecule has 0 unspecified atom stereocenters. The first-order valence-corrected chi connectivity index (χ1v) is 7.01. The Kier molecular flexibility index (Phi) is 4.61. The van der Waals surface area contributed by atoms with E-state index in [0.29, 0.717) is 5.88 Å². The number of anilines is 1. The molecule has 0 aliphatic heterocycles. The molecule has 1 N–H and O–H groups in total. The summed E-state index contributed by atoms with van der Waals surface area (Å²) in [5.74, 6) is 1.44. The van der Waals surface area contributed by atoms with Gasteiger partial charge in [0, 0.05) is 23.1 Å². The predicted octanol–water partition coefficient (Wildman–Crippen LogP) is 4.50. The van der Waals surface area contributed by atoms with Gasteiger partial charge in [0.1, 0.15) is 5.82 Å². The molecule has 0 atom stereocenters. The van der Waals surface area contributed by atoms with E-state index in [0.717, 1.165) is 22.4 Å². The minimum Gasteiger partial charge on any atom is -0.366 e. The number of pyridine rings is 1. The summed E-state index contributed by atoms with van der Waals surface area (Å²) in [5.41, 5.74) is 3.52. The number of rotatable bonds is 4. The average Bonchev–Trinajstić information content (AvgIpc) is 2.41. The Morgan fingerprint density at radius 1 is 1.22 bits per heavy atom. The second kappa shape index (κ2) is 6.21. The fourth-order valence-electron chi connectivity index (χ4n) is 1.57. The lowest BCUT2D eigenvalue weighted by molar-refractivity contribution is 1.10. The molecule has 94 valence electrons. The first-order valence-electron chi connectivity index (χ1n) is 5.69. The van der Waals surface area contributed by atoms with Crippen molar-refractivity contribution in [3.8, 4) is 0 Å². The first-order chi connectivity index (χ1) is 8.69. The van der Waals surface area contributed by atoms with Crippen molar-refractivity contribution >= 4 is 33.3 Å². The molecule has 0 saturated carbocycles. The summed E-state index contributed by atoms with van der Waals surface area (Å²) in [4.78, 5) is 4.31. The smallest absolute Gasteiger partial charge is 0.126 e. The van der Waals surface area contributed by atoms with Crippen LogP contribution in [0.4, 0.5) is 5.82 Å². The zero-order valence-electron chi connectivity index (χ0n) is 10.1. The highest BCUT2D eigenvalue weighted by Crippen LogP contribution is 2.17. The van der Waals surface area contributed by atoms with E-state index in [1.54, 1.807) is 0 Å². The lowest BCUT2D eigenvalue weighted by Crippen LogP contribution is -2.01. The van der Waals surface area contributed by atoms with Crippen LogP contribution in [0.5, 0.6) is 0 Å². The second-order valence-corrected chi connectivity index (χ2v) is 5.24. The second-order valence-electron chi connectivity index (χ2n) is 4.12. The quantitative estimate of drug-likeness (QED) is 0.837. The van der Waals surface area contributed by atoms with Gasteiger partial charge in [-0.25, -0.2) is 4.98 Å². The molecule has 0 aliphatic carbocycles. The van der Waals surface area contributed by atoms with Crippen LogP contribution in [0, 0.1) is 6.92 Å². The minimum atomic E-state index is 0.557. The van der Waals surface area contributed by atoms with Crippen LogP contribution in [-0.4, -0.2) is 4.98 Å². The van der Waals surface area contributed by atoms with Gasteiger partial charge in [0.05, 0.1) is 0 Å². The number of hydrogen-bond acceptors (Lipinski definition) is 2. The molecule has 4 heteroatoms. The summed E-state index contributed by atoms with van der Waals surface area (Å²) in [6, 6.07) is 10.3. The molecular formula is C14H14BrClN2. The van der Waals surface area contributed by atoms with Crippen LogP contribution in [0.1, 0.15) is 16.7 Å². The first kappa shape index (κ1) is 13.4. The number of alkyl halides is 1. The Bertz CT molecular complexity index is 526. The molecule has 18 heavy (non-hydrogen) atoms. The highest BCUT2D eigenvalue weighted by Gasteiger charge is 1.99. The van der Waals surface area contributed by atoms with Gasteiger partial charge >= 0.3 is 0 Å². The van der Waals surface area contributed by atoms with Crippen LogP contribution < -0.4 is 5.32 Å². The van der Waals surface area contributed by atoms with Crippen molar-refractivity contribution in [1.82, 2.24) is 4.98 Å². The van der Waals surface area contributed by atoms with Gasteiger partial charge in [-0.1, -0.05) is 24.3 Å². The van der Waals surface area contributed by atoms with Crippen LogP contribution in [0.3, 0.4) is 0 Å². The van der Waals surface area contributed by atoms with Crippen LogP contribution in [0.2, 0.25) is 0 Å². The molecule has 0 bridgehead atoms. The molecule has 0 spiro atoms. The SMILES string of the molecule is Cc1cc(NCc2ccc(CCl)cc2)ncc1Br. The topological polar surface area (TPSA) is 24.9 Å². The summed E-state index contributed by atoms with van der Waals surface area (Å²) in [7, 11) is 0. The van der Waals surface area contributed by atoms with Gasteiger partial charge in [-0.05, 0) is 45.6 Å². The molecule has 2 nitrogen and oxygen atoms in total. The maximum absolute atomic E-state index is 5.75. The third kappa shape index (κ3) is 3.47. The molecule has 1 heterocycles. The maximum atomic E-state index is 5.75. The van der Waals surface area contributed by atoms with Crippen molar-refractivity contribution in [2.24, 2.45) is 0 Å². The molecule has 1 aromatic carbocycles. The van der Waals surface area contributed by atoms with Crippen LogP contribution in [0.15, 0.2) is 41.0 Å². The van der Waals surface area contributed by atoms with E-state index in [1.165, 1.54) is 11.1 Å². The zero-order valence-corrected chi connectivity index (χ0v) is 12.4. The minimum absolute atomic E-state index is 0.557. The number of nitrogens with zero attached hydrogens (tertiary/aromatic N) is 1. The zero-order chi connectivity index (χ0) is 13.0. The number of halogens is 2. The molecule has 0 saturated heterocycles. The standard InChI is InChI=1S/C14H14BrClN2/c1-10-6-14(18-9-13(10)15)17-8-12-4-2-11(7-16)3-5-12/h2-6,9H,7-8H2,1H3,(H,17,18). The molecule has 0 radical (unpaired) electrons. The number of hydrogen-bond donors (Lipinski definition) is 1. The summed E-state index contributed by atoms with van der Waals surface area (Å²) in [6.07, 6.45) is 1.81. The summed E-state index contributed by atoms with van der Waals surface area (Å²) in [5, 5.41) is 3.30. The van der Waals surface area contributed by atoms with Crippen molar-refractivity contribution in [3.05, 3.63) is 57.7 Å². The molecule has 2 rings (SSSR count). The third-order valence-electron chi connectivity index (χ3n) is 2.70. The van der Waals surface area contributed by atoms with Gasteiger partial charge in [-0.2, -0.15) is 0 Å². The van der Waals surface area contributed by atoms with E-state index < -0.39 is 0 Å². The van der Waals surface area contributed by atoms with Gasteiger partial charge in [-0.3, -0.25) is 0 Å². The van der Waals surface area contributed by atoms with Crippen LogP contribution in [0.25, 0.3) is 0 Å². The van der Waals surface area contributed by atoms with Crippen molar-refractivity contribution in [3.63, 3.8) is 0 Å². The van der Waals surface area contributed by atoms with E-state index in [2.05, 4.69) is 38.4 Å². The number of benzene rings is 1. The van der Waals surface area contributed by atoms with Crippen molar-refractivity contribution in [2.45, 2.75) is 19.3 Å². The predicted molar refractivity (Wildman–Crippen MR) is 80.0 cm³/mol. The molecular weight excluding hydrogens is 312 g/mol. The third-order valence-corrected chi connectivity index (χ3v) is 3.84. The molecule has 1 aromatic heterocycles. The monoisotopic (exact) mass is 324 g/mol. The Morgan fingerprint density at radius 2 is 1.89 bits per heavy atom. The van der Waals surface area contributed by atoms with E-state index in [9.17, 15) is 0 Å². The lowest BCUT2D eigenvalue weighted by Gasteiger charge is -2.07. The highest BCUT2D eigenvalue weighted by molar-refractivity contribution is 9.10. The Morgan fingerprint density at radius 3 is 2.50 bits per heavy atom. The van der Waals surface area contributed by atoms with Crippen LogP contribution in [-0.2, 0) is 12.4 Å². The van der Waals surface area contributed by atoms with Crippen molar-refractivity contribution in [1.29, 1.82) is 0 Å². The van der Waals surface area contributed by atoms with Gasteiger partial charge in [0.25, 0.3) is 0 Å². The van der Waals surface area contributed by atoms with Crippen molar-refractivity contribution in [2.75, 3.05) is 5.32 Å². The van der Waals surface area contributed by atoms with Gasteiger partial charge in [0.15, 0.2) is 0 Å². The molecule has 0 aliphatic rings. The normalized spacial score (nSPS) is 10.4. The molecule has 0 amide bonds. The van der Waals surface area contributed by atoms with Crippen molar-refractivity contribution < 1.29 is 0 Å². The number of nitrogens with one attached hydrogen (secondary N) is 1. The number of aromatic nitrogens is 1. The van der Waals surface area contributed by atoms with E-state index in [-0.39, 0.29) is 0 Å². The highest BCUT2D eigenvalue weighted by atomic mass is 79.9. The summed E-state index contributed by atoms with van der Waals surface area (Å²) >= 11 is 9.19. The van der Waals surface area contributed by atoms with E-state index >= 15 is 0 Å². The lowest BCUT2D eigenvalue weighted by atomic mass is 10.1. The molecule has 2 aromatic rings. The van der Waals surface area contributed by atoms with E-state index in [1.807, 2.05) is 31.3 Å². The van der Waals surface area contributed by atoms with Crippen LogP contribution >= 0.6 is 27.5 Å². The number of aryl methyl sites for hydroxylation is 1.